The predicted octanol–water partition coefficient (Wildman–Crippen LogP) is 6.71. The first kappa shape index (κ1) is 26.6. The van der Waals surface area contributed by atoms with Crippen LogP contribution < -0.4 is 5.32 Å². The number of carbonyl (C=O) groups is 2. The molecule has 5 nitrogen and oxygen atoms in total. The summed E-state index contributed by atoms with van der Waals surface area (Å²) in [5, 5.41) is 4.56. The Hall–Kier alpha value is -2.97. The van der Waals surface area contributed by atoms with Crippen molar-refractivity contribution in [2.45, 2.75) is 33.9 Å². The normalized spacial score (nSPS) is 10.9. The van der Waals surface area contributed by atoms with Gasteiger partial charge in [0.15, 0.2) is 0 Å². The molecule has 0 atom stereocenters. The molecule has 186 valence electrons. The Morgan fingerprint density at radius 1 is 1.03 bits per heavy atom. The molecule has 0 bridgehead atoms. The van der Waals surface area contributed by atoms with Crippen molar-refractivity contribution in [1.82, 2.24) is 9.80 Å². The molecule has 0 fully saturated rings. The van der Waals surface area contributed by atoms with Gasteiger partial charge in [-0.05, 0) is 65.7 Å². The number of nitrogens with one attached hydrogen (secondary N) is 1. The van der Waals surface area contributed by atoms with E-state index in [-0.39, 0.29) is 35.8 Å². The summed E-state index contributed by atoms with van der Waals surface area (Å²) in [6.45, 7) is 6.74. The number of benzene rings is 2. The highest BCUT2D eigenvalue weighted by Crippen LogP contribution is 2.21. The molecule has 9 heteroatoms. The van der Waals surface area contributed by atoms with Crippen LogP contribution in [0.25, 0.3) is 0 Å². The molecule has 0 spiro atoms. The molecule has 1 N–H and O–H groups in total. The SMILES string of the molecule is Cc1ccsc1CN(Cc1ccc(F)cc1)C(=O)CN(CC(C)C)C(=O)Nc1ccc(F)c(Cl)c1. The number of thiophene rings is 1. The van der Waals surface area contributed by atoms with Crippen LogP contribution in [0.1, 0.15) is 29.9 Å². The highest BCUT2D eigenvalue weighted by Gasteiger charge is 2.23. The number of rotatable bonds is 9. The van der Waals surface area contributed by atoms with Crippen LogP contribution in [0, 0.1) is 24.5 Å². The Labute approximate surface area is 213 Å². The number of halogens is 3. The van der Waals surface area contributed by atoms with E-state index in [1.165, 1.54) is 35.2 Å². The maximum absolute atomic E-state index is 13.5. The molecule has 3 rings (SSSR count). The van der Waals surface area contributed by atoms with Crippen LogP contribution in [-0.4, -0.2) is 34.8 Å². The van der Waals surface area contributed by atoms with Crippen molar-refractivity contribution in [3.8, 4) is 0 Å². The van der Waals surface area contributed by atoms with Gasteiger partial charge in [-0.3, -0.25) is 4.79 Å². The van der Waals surface area contributed by atoms with Crippen LogP contribution in [0.15, 0.2) is 53.9 Å². The number of hydrogen-bond acceptors (Lipinski definition) is 3. The van der Waals surface area contributed by atoms with Gasteiger partial charge in [-0.15, -0.1) is 11.3 Å². The van der Waals surface area contributed by atoms with Gasteiger partial charge in [0, 0.05) is 23.7 Å². The third-order valence-corrected chi connectivity index (χ3v) is 6.61. The number of nitrogens with zero attached hydrogens (tertiary/aromatic N) is 2. The van der Waals surface area contributed by atoms with Gasteiger partial charge in [-0.25, -0.2) is 13.6 Å². The molecule has 1 aromatic heterocycles. The Morgan fingerprint density at radius 2 is 1.74 bits per heavy atom. The topological polar surface area (TPSA) is 52.7 Å². The van der Waals surface area contributed by atoms with Crippen molar-refractivity contribution < 1.29 is 18.4 Å². The van der Waals surface area contributed by atoms with Crippen LogP contribution in [0.2, 0.25) is 5.02 Å². The second kappa shape index (κ2) is 12.1. The number of anilines is 1. The molecule has 0 aliphatic rings. The molecule has 3 aromatic rings. The standard InChI is InChI=1S/C26H28ClF2N3O2S/c1-17(2)13-32(26(34)30-21-8-9-23(29)22(27)12-21)16-25(33)31(15-24-18(3)10-11-35-24)14-19-4-6-20(28)7-5-19/h4-12,17H,13-16H2,1-3H3,(H,30,34). The molecular formula is C26H28ClF2N3O2S. The highest BCUT2D eigenvalue weighted by molar-refractivity contribution is 7.10. The minimum Gasteiger partial charge on any atom is -0.332 e. The Bertz CT molecular complexity index is 1170. The molecule has 2 aromatic carbocycles. The van der Waals surface area contributed by atoms with Gasteiger partial charge in [0.1, 0.15) is 18.2 Å². The van der Waals surface area contributed by atoms with Crippen LogP contribution >= 0.6 is 22.9 Å². The lowest BCUT2D eigenvalue weighted by Crippen LogP contribution is -2.45. The predicted molar refractivity (Wildman–Crippen MR) is 137 cm³/mol. The lowest BCUT2D eigenvalue weighted by Gasteiger charge is -2.29. The van der Waals surface area contributed by atoms with Crippen molar-refractivity contribution >= 4 is 40.6 Å². The van der Waals surface area contributed by atoms with Crippen molar-refractivity contribution in [2.24, 2.45) is 5.92 Å². The second-order valence-electron chi connectivity index (χ2n) is 8.74. The van der Waals surface area contributed by atoms with Gasteiger partial charge >= 0.3 is 6.03 Å². The van der Waals surface area contributed by atoms with E-state index in [1.807, 2.05) is 32.2 Å². The average molecular weight is 520 g/mol. The van der Waals surface area contributed by atoms with Gasteiger partial charge in [0.25, 0.3) is 0 Å². The zero-order valence-corrected chi connectivity index (χ0v) is 21.4. The Balaban J connectivity index is 1.79. The van der Waals surface area contributed by atoms with Gasteiger partial charge in [-0.1, -0.05) is 37.6 Å². The quantitative estimate of drug-likeness (QED) is 0.341. The first-order valence-corrected chi connectivity index (χ1v) is 12.4. The summed E-state index contributed by atoms with van der Waals surface area (Å²) >= 11 is 7.39. The lowest BCUT2D eigenvalue weighted by molar-refractivity contribution is -0.133. The molecule has 0 aliphatic carbocycles. The summed E-state index contributed by atoms with van der Waals surface area (Å²) in [4.78, 5) is 30.6. The molecule has 1 heterocycles. The van der Waals surface area contributed by atoms with Crippen molar-refractivity contribution in [1.29, 1.82) is 0 Å². The summed E-state index contributed by atoms with van der Waals surface area (Å²) in [5.74, 6) is -1.06. The highest BCUT2D eigenvalue weighted by atomic mass is 35.5. The van der Waals surface area contributed by atoms with Gasteiger partial charge in [0.2, 0.25) is 5.91 Å². The maximum atomic E-state index is 13.5. The van der Waals surface area contributed by atoms with E-state index in [1.54, 1.807) is 28.4 Å². The zero-order chi connectivity index (χ0) is 25.5. The van der Waals surface area contributed by atoms with Crippen LogP contribution in [0.5, 0.6) is 0 Å². The fourth-order valence-electron chi connectivity index (χ4n) is 3.48. The van der Waals surface area contributed by atoms with Crippen molar-refractivity contribution in [3.05, 3.63) is 86.6 Å². The smallest absolute Gasteiger partial charge is 0.322 e. The molecule has 0 aliphatic heterocycles. The Morgan fingerprint density at radius 3 is 2.34 bits per heavy atom. The minimum absolute atomic E-state index is 0.105. The van der Waals surface area contributed by atoms with E-state index >= 15 is 0 Å². The van der Waals surface area contributed by atoms with E-state index in [0.29, 0.717) is 18.8 Å². The summed E-state index contributed by atoms with van der Waals surface area (Å²) in [7, 11) is 0. The second-order valence-corrected chi connectivity index (χ2v) is 10.1. The number of urea groups is 1. The Kier molecular flexibility index (Phi) is 9.23. The molecular weight excluding hydrogens is 492 g/mol. The number of amides is 3. The summed E-state index contributed by atoms with van der Waals surface area (Å²) < 4.78 is 26.9. The van der Waals surface area contributed by atoms with Gasteiger partial charge < -0.3 is 15.1 Å². The summed E-state index contributed by atoms with van der Waals surface area (Å²) in [5.41, 5.74) is 2.20. The van der Waals surface area contributed by atoms with Gasteiger partial charge in [-0.2, -0.15) is 0 Å². The molecule has 0 radical (unpaired) electrons. The first-order chi connectivity index (χ1) is 16.6. The molecule has 0 saturated carbocycles. The molecule has 0 saturated heterocycles. The number of carbonyl (C=O) groups excluding carboxylic acids is 2. The van der Waals surface area contributed by atoms with E-state index in [4.69, 9.17) is 11.6 Å². The average Bonchev–Trinajstić information content (AvgIpc) is 3.20. The fraction of sp³-hybridized carbons (Fsp3) is 0.308. The molecule has 0 unspecified atom stereocenters. The van der Waals surface area contributed by atoms with Crippen LogP contribution in [0.3, 0.4) is 0 Å². The molecule has 3 amide bonds. The third-order valence-electron chi connectivity index (χ3n) is 5.31. The van der Waals surface area contributed by atoms with Crippen molar-refractivity contribution in [2.75, 3.05) is 18.4 Å². The lowest BCUT2D eigenvalue weighted by atomic mass is 10.2. The van der Waals surface area contributed by atoms with Crippen LogP contribution in [-0.2, 0) is 17.9 Å². The van der Waals surface area contributed by atoms with E-state index in [9.17, 15) is 18.4 Å². The van der Waals surface area contributed by atoms with Gasteiger partial charge in [0.05, 0.1) is 11.6 Å². The van der Waals surface area contributed by atoms with E-state index in [0.717, 1.165) is 16.0 Å². The molecule has 35 heavy (non-hydrogen) atoms. The maximum Gasteiger partial charge on any atom is 0.322 e. The largest absolute Gasteiger partial charge is 0.332 e. The van der Waals surface area contributed by atoms with E-state index < -0.39 is 11.8 Å². The fourth-order valence-corrected chi connectivity index (χ4v) is 4.58. The third kappa shape index (κ3) is 7.77. The summed E-state index contributed by atoms with van der Waals surface area (Å²) in [6, 6.07) is 11.4. The summed E-state index contributed by atoms with van der Waals surface area (Å²) in [6.07, 6.45) is 0. The van der Waals surface area contributed by atoms with Crippen molar-refractivity contribution in [3.63, 3.8) is 0 Å². The zero-order valence-electron chi connectivity index (χ0n) is 19.9. The van der Waals surface area contributed by atoms with Crippen LogP contribution in [0.4, 0.5) is 19.3 Å². The minimum atomic E-state index is -0.584. The van der Waals surface area contributed by atoms with E-state index in [2.05, 4.69) is 5.32 Å². The number of aryl methyl sites for hydroxylation is 1. The monoisotopic (exact) mass is 519 g/mol. The first-order valence-electron chi connectivity index (χ1n) is 11.2. The number of hydrogen-bond donors (Lipinski definition) is 1.